The zero-order valence-corrected chi connectivity index (χ0v) is 14.7. The minimum Gasteiger partial charge on any atom is -0.393 e. The van der Waals surface area contributed by atoms with Crippen molar-refractivity contribution in [2.24, 2.45) is 0 Å². The summed E-state index contributed by atoms with van der Waals surface area (Å²) in [6, 6.07) is 9.06. The van der Waals surface area contributed by atoms with Crippen LogP contribution in [-0.4, -0.2) is 38.2 Å². The normalized spacial score (nSPS) is 24.7. The van der Waals surface area contributed by atoms with E-state index in [0.717, 1.165) is 49.2 Å². The molecule has 1 aromatic heterocycles. The predicted octanol–water partition coefficient (Wildman–Crippen LogP) is 3.11. The number of rotatable bonds is 4. The molecule has 1 aromatic carbocycles. The number of benzene rings is 1. The van der Waals surface area contributed by atoms with Crippen molar-refractivity contribution in [3.63, 3.8) is 0 Å². The average Bonchev–Trinajstić information content (AvgIpc) is 2.92. The van der Waals surface area contributed by atoms with Crippen LogP contribution in [0.15, 0.2) is 30.3 Å². The number of aliphatic hydroxyl groups excluding tert-OH is 1. The van der Waals surface area contributed by atoms with Crippen LogP contribution in [0.5, 0.6) is 0 Å². The number of non-ortho nitro benzene ring substituents is 1. The molecule has 7 nitrogen and oxygen atoms in total. The van der Waals surface area contributed by atoms with E-state index < -0.39 is 4.92 Å². The number of fused-ring (bicyclic) bond motifs is 2. The number of anilines is 1. The summed E-state index contributed by atoms with van der Waals surface area (Å²) in [4.78, 5) is 22.2. The second kappa shape index (κ2) is 6.64. The van der Waals surface area contributed by atoms with Crippen molar-refractivity contribution in [3.05, 3.63) is 46.1 Å². The maximum absolute atomic E-state index is 10.9. The largest absolute Gasteiger partial charge is 0.393 e. The Morgan fingerprint density at radius 3 is 2.42 bits per heavy atom. The van der Waals surface area contributed by atoms with Gasteiger partial charge < -0.3 is 10.0 Å². The summed E-state index contributed by atoms with van der Waals surface area (Å²) in [5.41, 5.74) is 1.79. The maximum atomic E-state index is 10.9. The minimum atomic E-state index is -0.407. The zero-order chi connectivity index (χ0) is 18.3. The SMILES string of the molecule is CCc1cc(N2C3CCC2CC(O)C3)nc(-c2ccc([N+](=O)[O-])cc2)n1. The minimum absolute atomic E-state index is 0.0590. The molecule has 26 heavy (non-hydrogen) atoms. The Morgan fingerprint density at radius 2 is 1.85 bits per heavy atom. The van der Waals surface area contributed by atoms with Crippen LogP contribution in [0.25, 0.3) is 11.4 Å². The van der Waals surface area contributed by atoms with Crippen LogP contribution in [-0.2, 0) is 6.42 Å². The van der Waals surface area contributed by atoms with E-state index in [0.29, 0.717) is 17.9 Å². The van der Waals surface area contributed by atoms with Crippen molar-refractivity contribution in [1.29, 1.82) is 0 Å². The smallest absolute Gasteiger partial charge is 0.269 e. The lowest BCUT2D eigenvalue weighted by atomic mass is 10.00. The van der Waals surface area contributed by atoms with Gasteiger partial charge in [0.25, 0.3) is 5.69 Å². The molecule has 2 unspecified atom stereocenters. The lowest BCUT2D eigenvalue weighted by Crippen LogP contribution is -2.45. The standard InChI is InChI=1S/C19H22N4O3/c1-2-13-9-18(22-15-7-8-16(22)11-17(24)10-15)21-19(20-13)12-3-5-14(6-4-12)23(25)26/h3-6,9,15-17,24H,2,7-8,10-11H2,1H3. The second-order valence-corrected chi connectivity index (χ2v) is 7.12. The number of piperidine rings is 1. The first kappa shape index (κ1) is 16.9. The number of aryl methyl sites for hydroxylation is 1. The number of aliphatic hydroxyl groups is 1. The fourth-order valence-corrected chi connectivity index (χ4v) is 4.18. The molecule has 0 aliphatic carbocycles. The number of nitro benzene ring substituents is 1. The van der Waals surface area contributed by atoms with E-state index in [1.54, 1.807) is 12.1 Å². The fraction of sp³-hybridized carbons (Fsp3) is 0.474. The van der Waals surface area contributed by atoms with Crippen LogP contribution < -0.4 is 4.90 Å². The van der Waals surface area contributed by atoms with Gasteiger partial charge in [0.15, 0.2) is 5.82 Å². The molecule has 7 heteroatoms. The first-order valence-electron chi connectivity index (χ1n) is 9.14. The Kier molecular flexibility index (Phi) is 4.32. The van der Waals surface area contributed by atoms with E-state index in [4.69, 9.17) is 4.98 Å². The van der Waals surface area contributed by atoms with E-state index in [9.17, 15) is 15.2 Å². The van der Waals surface area contributed by atoms with Crippen molar-refractivity contribution in [1.82, 2.24) is 9.97 Å². The molecular formula is C19H22N4O3. The third-order valence-corrected chi connectivity index (χ3v) is 5.44. The number of nitrogens with zero attached hydrogens (tertiary/aromatic N) is 4. The van der Waals surface area contributed by atoms with Gasteiger partial charge in [-0.15, -0.1) is 0 Å². The van der Waals surface area contributed by atoms with Gasteiger partial charge in [0.2, 0.25) is 0 Å². The fourth-order valence-electron chi connectivity index (χ4n) is 4.18. The van der Waals surface area contributed by atoms with Crippen LogP contribution in [0, 0.1) is 10.1 Å². The molecule has 1 N–H and O–H groups in total. The Morgan fingerprint density at radius 1 is 1.19 bits per heavy atom. The van der Waals surface area contributed by atoms with E-state index in [1.807, 2.05) is 6.07 Å². The first-order valence-corrected chi connectivity index (χ1v) is 9.14. The van der Waals surface area contributed by atoms with Gasteiger partial charge in [-0.05, 0) is 44.2 Å². The summed E-state index contributed by atoms with van der Waals surface area (Å²) >= 11 is 0. The van der Waals surface area contributed by atoms with Gasteiger partial charge >= 0.3 is 0 Å². The highest BCUT2D eigenvalue weighted by atomic mass is 16.6. The van der Waals surface area contributed by atoms with Crippen LogP contribution >= 0.6 is 0 Å². The molecule has 136 valence electrons. The van der Waals surface area contributed by atoms with Crippen LogP contribution in [0.3, 0.4) is 0 Å². The van der Waals surface area contributed by atoms with Gasteiger partial charge in [0.1, 0.15) is 5.82 Å². The molecule has 0 amide bonds. The van der Waals surface area contributed by atoms with E-state index in [-0.39, 0.29) is 11.8 Å². The average molecular weight is 354 g/mol. The first-order chi connectivity index (χ1) is 12.5. The molecule has 2 fully saturated rings. The molecule has 0 spiro atoms. The predicted molar refractivity (Wildman–Crippen MR) is 98.0 cm³/mol. The van der Waals surface area contributed by atoms with Crippen molar-refractivity contribution in [2.75, 3.05) is 4.90 Å². The molecule has 0 radical (unpaired) electrons. The molecule has 4 rings (SSSR count). The summed E-state index contributed by atoms with van der Waals surface area (Å²) in [6.45, 7) is 2.06. The van der Waals surface area contributed by atoms with E-state index >= 15 is 0 Å². The lowest BCUT2D eigenvalue weighted by molar-refractivity contribution is -0.384. The number of hydrogen-bond donors (Lipinski definition) is 1. The van der Waals surface area contributed by atoms with Crippen molar-refractivity contribution < 1.29 is 10.0 Å². The Bertz CT molecular complexity index is 810. The van der Waals surface area contributed by atoms with Crippen molar-refractivity contribution >= 4 is 11.5 Å². The van der Waals surface area contributed by atoms with Crippen LogP contribution in [0.1, 0.15) is 38.3 Å². The van der Waals surface area contributed by atoms with Crippen LogP contribution in [0.4, 0.5) is 11.5 Å². The molecule has 3 heterocycles. The molecule has 2 aliphatic rings. The second-order valence-electron chi connectivity index (χ2n) is 7.12. The summed E-state index contributed by atoms with van der Waals surface area (Å²) < 4.78 is 0. The molecule has 2 aromatic rings. The summed E-state index contributed by atoms with van der Waals surface area (Å²) in [7, 11) is 0. The highest BCUT2D eigenvalue weighted by molar-refractivity contribution is 5.60. The Hall–Kier alpha value is -2.54. The summed E-state index contributed by atoms with van der Waals surface area (Å²) in [6.07, 6.45) is 4.32. The zero-order valence-electron chi connectivity index (χ0n) is 14.7. The molecule has 2 saturated heterocycles. The van der Waals surface area contributed by atoms with Gasteiger partial charge in [0.05, 0.1) is 11.0 Å². The number of nitro groups is 1. The van der Waals surface area contributed by atoms with Crippen molar-refractivity contribution in [2.45, 2.75) is 57.2 Å². The van der Waals surface area contributed by atoms with Gasteiger partial charge in [-0.2, -0.15) is 0 Å². The quantitative estimate of drug-likeness (QED) is 0.670. The Balaban J connectivity index is 1.71. The maximum Gasteiger partial charge on any atom is 0.269 e. The third kappa shape index (κ3) is 3.03. The van der Waals surface area contributed by atoms with Crippen molar-refractivity contribution in [3.8, 4) is 11.4 Å². The molecule has 2 aliphatic heterocycles. The number of aromatic nitrogens is 2. The summed E-state index contributed by atoms with van der Waals surface area (Å²) in [5.74, 6) is 1.50. The van der Waals surface area contributed by atoms with Gasteiger partial charge in [-0.25, -0.2) is 9.97 Å². The topological polar surface area (TPSA) is 92.4 Å². The van der Waals surface area contributed by atoms with Gasteiger partial charge in [-0.3, -0.25) is 10.1 Å². The highest BCUT2D eigenvalue weighted by Crippen LogP contribution is 2.39. The Labute approximate surface area is 151 Å². The summed E-state index contributed by atoms with van der Waals surface area (Å²) in [5, 5.41) is 20.9. The molecule has 2 atom stereocenters. The van der Waals surface area contributed by atoms with Gasteiger partial charge in [0, 0.05) is 41.5 Å². The third-order valence-electron chi connectivity index (χ3n) is 5.44. The lowest BCUT2D eigenvalue weighted by Gasteiger charge is -2.38. The van der Waals surface area contributed by atoms with Crippen LogP contribution in [0.2, 0.25) is 0 Å². The van der Waals surface area contributed by atoms with E-state index in [1.165, 1.54) is 12.1 Å². The number of hydrogen-bond acceptors (Lipinski definition) is 6. The van der Waals surface area contributed by atoms with Gasteiger partial charge in [-0.1, -0.05) is 6.92 Å². The highest BCUT2D eigenvalue weighted by Gasteiger charge is 2.41. The molecule has 0 saturated carbocycles. The van der Waals surface area contributed by atoms with E-state index in [2.05, 4.69) is 16.8 Å². The molecule has 2 bridgehead atoms. The molecular weight excluding hydrogens is 332 g/mol. The monoisotopic (exact) mass is 354 g/mol.